The normalized spacial score (nSPS) is 19.5. The van der Waals surface area contributed by atoms with Crippen LogP contribution in [0.15, 0.2) is 41.2 Å². The third-order valence-electron chi connectivity index (χ3n) is 3.64. The van der Waals surface area contributed by atoms with Crippen molar-refractivity contribution in [2.24, 2.45) is 16.1 Å². The minimum absolute atomic E-state index is 0.0455. The summed E-state index contributed by atoms with van der Waals surface area (Å²) < 4.78 is 18.0. The van der Waals surface area contributed by atoms with Crippen LogP contribution in [0.1, 0.15) is 26.3 Å². The highest BCUT2D eigenvalue weighted by atomic mass is 19.1. The Bertz CT molecular complexity index is 590. The Kier molecular flexibility index (Phi) is 5.38. The predicted octanol–water partition coefficient (Wildman–Crippen LogP) is 2.45. The Labute approximate surface area is 137 Å². The van der Waals surface area contributed by atoms with Crippen LogP contribution in [0.2, 0.25) is 0 Å². The number of rotatable bonds is 5. The van der Waals surface area contributed by atoms with Crippen molar-refractivity contribution < 1.29 is 9.13 Å². The lowest BCUT2D eigenvalue weighted by Crippen LogP contribution is -2.43. The zero-order valence-corrected chi connectivity index (χ0v) is 14.1. The quantitative estimate of drug-likeness (QED) is 0.875. The summed E-state index contributed by atoms with van der Waals surface area (Å²) in [6.07, 6.45) is 0.573. The Morgan fingerprint density at radius 2 is 2.04 bits per heavy atom. The first-order valence-corrected chi connectivity index (χ1v) is 7.64. The molecule has 0 spiro atoms. The van der Waals surface area contributed by atoms with E-state index < -0.39 is 0 Å². The molecule has 1 unspecified atom stereocenters. The second-order valence-corrected chi connectivity index (χ2v) is 6.72. The lowest BCUT2D eigenvalue weighted by atomic mass is 9.92. The smallest absolute Gasteiger partial charge is 0.144 e. The van der Waals surface area contributed by atoms with Crippen LogP contribution in [0.25, 0.3) is 0 Å². The first-order chi connectivity index (χ1) is 10.8. The minimum atomic E-state index is 0.0455. The zero-order valence-electron chi connectivity index (χ0n) is 14.1. The van der Waals surface area contributed by atoms with E-state index in [0.717, 1.165) is 11.4 Å². The Morgan fingerprint density at radius 1 is 1.39 bits per heavy atom. The first kappa shape index (κ1) is 17.4. The van der Waals surface area contributed by atoms with Gasteiger partial charge in [-0.1, -0.05) is 20.8 Å². The molecule has 1 aliphatic heterocycles. The molecule has 0 aliphatic carbocycles. The third kappa shape index (κ3) is 4.30. The number of nitrogens with two attached hydrogens (primary N) is 1. The fourth-order valence-corrected chi connectivity index (χ4v) is 2.40. The molecule has 1 atom stereocenters. The Balaban J connectivity index is 2.06. The van der Waals surface area contributed by atoms with Crippen LogP contribution < -0.4 is 15.9 Å². The fraction of sp³-hybridized carbons (Fsp3) is 0.471. The first-order valence-electron chi connectivity index (χ1n) is 7.64. The maximum atomic E-state index is 12.4. The molecule has 6 heteroatoms. The fourth-order valence-electron chi connectivity index (χ4n) is 2.40. The number of amidine groups is 1. The van der Waals surface area contributed by atoms with Crippen LogP contribution in [0, 0.1) is 5.41 Å². The van der Waals surface area contributed by atoms with Crippen LogP contribution in [-0.2, 0) is 0 Å². The number of halogens is 1. The molecule has 0 saturated carbocycles. The molecule has 0 fully saturated rings. The molecule has 3 N–H and O–H groups in total. The van der Waals surface area contributed by atoms with Crippen molar-refractivity contribution in [2.45, 2.75) is 26.9 Å². The molecule has 1 aromatic carbocycles. The molecule has 0 saturated heterocycles. The number of nitrogens with zero attached hydrogens (tertiary/aromatic N) is 2. The SMILES string of the molecule is CN1NC(c2ccc(OC/C(=C/F)CN)cc2)=NC1C(C)(C)C. The monoisotopic (exact) mass is 320 g/mol. The third-order valence-corrected chi connectivity index (χ3v) is 3.64. The van der Waals surface area contributed by atoms with E-state index in [0.29, 0.717) is 17.7 Å². The average Bonchev–Trinajstić information content (AvgIpc) is 2.91. The van der Waals surface area contributed by atoms with E-state index in [1.165, 1.54) is 0 Å². The van der Waals surface area contributed by atoms with E-state index >= 15 is 0 Å². The number of hydrogen-bond acceptors (Lipinski definition) is 5. The number of aliphatic imine (C=N–C) groups is 1. The lowest BCUT2D eigenvalue weighted by Gasteiger charge is -2.29. The van der Waals surface area contributed by atoms with E-state index in [2.05, 4.69) is 26.2 Å². The van der Waals surface area contributed by atoms with E-state index in [9.17, 15) is 4.39 Å². The van der Waals surface area contributed by atoms with Crippen molar-refractivity contribution in [3.05, 3.63) is 41.7 Å². The topological polar surface area (TPSA) is 62.9 Å². The lowest BCUT2D eigenvalue weighted by molar-refractivity contribution is 0.129. The summed E-state index contributed by atoms with van der Waals surface area (Å²) in [6.45, 7) is 6.78. The van der Waals surface area contributed by atoms with Crippen molar-refractivity contribution in [3.63, 3.8) is 0 Å². The van der Waals surface area contributed by atoms with Crippen LogP contribution in [0.5, 0.6) is 5.75 Å². The molecule has 1 heterocycles. The number of nitrogens with one attached hydrogen (secondary N) is 1. The molecule has 0 radical (unpaired) electrons. The van der Waals surface area contributed by atoms with E-state index in [1.54, 1.807) is 0 Å². The van der Waals surface area contributed by atoms with Gasteiger partial charge in [0.05, 0.1) is 6.33 Å². The molecule has 5 nitrogen and oxygen atoms in total. The number of benzene rings is 1. The highest BCUT2D eigenvalue weighted by Gasteiger charge is 2.33. The molecular formula is C17H25FN4O. The summed E-state index contributed by atoms with van der Waals surface area (Å²) >= 11 is 0. The van der Waals surface area contributed by atoms with Crippen molar-refractivity contribution in [2.75, 3.05) is 20.2 Å². The van der Waals surface area contributed by atoms with Crippen LogP contribution in [-0.4, -0.2) is 37.2 Å². The maximum Gasteiger partial charge on any atom is 0.144 e. The minimum Gasteiger partial charge on any atom is -0.489 e. The van der Waals surface area contributed by atoms with Crippen LogP contribution in [0.4, 0.5) is 4.39 Å². The summed E-state index contributed by atoms with van der Waals surface area (Å²) in [7, 11) is 1.99. The number of ether oxygens (including phenoxy) is 1. The second-order valence-electron chi connectivity index (χ2n) is 6.72. The van der Waals surface area contributed by atoms with Gasteiger partial charge < -0.3 is 15.9 Å². The highest BCUT2D eigenvalue weighted by molar-refractivity contribution is 5.99. The number of hydrogen-bond donors (Lipinski definition) is 2. The summed E-state index contributed by atoms with van der Waals surface area (Å²) in [5, 5.41) is 2.01. The average molecular weight is 320 g/mol. The standard InChI is InChI=1S/C17H25FN4O/c1-17(2,3)16-20-15(21-22(16)4)13-5-7-14(8-6-13)23-11-12(9-18)10-19/h5-9,16H,10-11,19H2,1-4H3,(H,20,21)/b12-9+. The largest absolute Gasteiger partial charge is 0.489 e. The summed E-state index contributed by atoms with van der Waals surface area (Å²) in [6, 6.07) is 7.55. The van der Waals surface area contributed by atoms with Crippen molar-refractivity contribution in [1.82, 2.24) is 10.4 Å². The molecule has 0 bridgehead atoms. The summed E-state index contributed by atoms with van der Waals surface area (Å²) in [5.74, 6) is 1.51. The molecule has 1 aliphatic rings. The van der Waals surface area contributed by atoms with Gasteiger partial charge in [-0.15, -0.1) is 0 Å². The van der Waals surface area contributed by atoms with Gasteiger partial charge in [0.15, 0.2) is 0 Å². The summed E-state index contributed by atoms with van der Waals surface area (Å²) in [5.41, 5.74) is 10.1. The van der Waals surface area contributed by atoms with Crippen molar-refractivity contribution in [3.8, 4) is 5.75 Å². The van der Waals surface area contributed by atoms with E-state index in [1.807, 2.05) is 36.3 Å². The Hall–Kier alpha value is -1.92. The summed E-state index contributed by atoms with van der Waals surface area (Å²) in [4.78, 5) is 4.76. The Morgan fingerprint density at radius 3 is 2.52 bits per heavy atom. The van der Waals surface area contributed by atoms with Gasteiger partial charge in [-0.2, -0.15) is 0 Å². The molecular weight excluding hydrogens is 295 g/mol. The van der Waals surface area contributed by atoms with E-state index in [-0.39, 0.29) is 24.7 Å². The van der Waals surface area contributed by atoms with Gasteiger partial charge in [0, 0.05) is 24.7 Å². The molecule has 2 rings (SSSR count). The highest BCUT2D eigenvalue weighted by Crippen LogP contribution is 2.27. The van der Waals surface area contributed by atoms with Crippen molar-refractivity contribution in [1.29, 1.82) is 0 Å². The van der Waals surface area contributed by atoms with Gasteiger partial charge in [0.1, 0.15) is 24.4 Å². The van der Waals surface area contributed by atoms with Gasteiger partial charge in [0.25, 0.3) is 0 Å². The van der Waals surface area contributed by atoms with Gasteiger partial charge in [-0.25, -0.2) is 14.4 Å². The van der Waals surface area contributed by atoms with Gasteiger partial charge >= 0.3 is 0 Å². The second kappa shape index (κ2) is 7.10. The molecule has 23 heavy (non-hydrogen) atoms. The van der Waals surface area contributed by atoms with Gasteiger partial charge in [-0.3, -0.25) is 0 Å². The van der Waals surface area contributed by atoms with Crippen LogP contribution in [0.3, 0.4) is 0 Å². The molecule has 0 amide bonds. The van der Waals surface area contributed by atoms with Gasteiger partial charge in [0.2, 0.25) is 0 Å². The van der Waals surface area contributed by atoms with Crippen LogP contribution >= 0.6 is 0 Å². The van der Waals surface area contributed by atoms with E-state index in [4.69, 9.17) is 15.5 Å². The maximum absolute atomic E-state index is 12.4. The zero-order chi connectivity index (χ0) is 17.0. The molecule has 0 aromatic heterocycles. The van der Waals surface area contributed by atoms with Crippen molar-refractivity contribution >= 4 is 5.84 Å². The molecule has 1 aromatic rings. The number of hydrazine groups is 1. The molecule has 126 valence electrons. The van der Waals surface area contributed by atoms with Gasteiger partial charge in [-0.05, 0) is 29.7 Å². The predicted molar refractivity (Wildman–Crippen MR) is 90.9 cm³/mol.